The van der Waals surface area contributed by atoms with Gasteiger partial charge in [-0.1, -0.05) is 0 Å². The van der Waals surface area contributed by atoms with Crippen molar-refractivity contribution in [1.29, 1.82) is 0 Å². The first kappa shape index (κ1) is 14.0. The van der Waals surface area contributed by atoms with Crippen molar-refractivity contribution in [2.45, 2.75) is 27.3 Å². The van der Waals surface area contributed by atoms with Crippen LogP contribution in [0.4, 0.5) is 5.95 Å². The van der Waals surface area contributed by atoms with Crippen molar-refractivity contribution in [2.75, 3.05) is 5.73 Å². The molecule has 5 nitrogen and oxygen atoms in total. The summed E-state index contributed by atoms with van der Waals surface area (Å²) in [6.45, 7) is 6.98. The summed E-state index contributed by atoms with van der Waals surface area (Å²) in [6, 6.07) is 1.98. The van der Waals surface area contributed by atoms with E-state index >= 15 is 0 Å². The molecule has 0 amide bonds. The number of nitrogens with two attached hydrogens (primary N) is 1. The smallest absolute Gasteiger partial charge is 0.223 e. The van der Waals surface area contributed by atoms with Crippen molar-refractivity contribution in [3.05, 3.63) is 45.4 Å². The highest BCUT2D eigenvalue weighted by Gasteiger charge is 2.11. The van der Waals surface area contributed by atoms with Crippen LogP contribution in [0, 0.1) is 20.8 Å². The van der Waals surface area contributed by atoms with Gasteiger partial charge >= 0.3 is 0 Å². The topological polar surface area (TPSA) is 69.6 Å². The molecule has 0 aliphatic carbocycles. The second kappa shape index (κ2) is 5.11. The number of hydrogen-bond donors (Lipinski definition) is 1. The fourth-order valence-corrected chi connectivity index (χ4v) is 2.86. The van der Waals surface area contributed by atoms with Crippen molar-refractivity contribution in [3.8, 4) is 0 Å². The molecule has 0 saturated heterocycles. The third-order valence-electron chi connectivity index (χ3n) is 3.91. The molecule has 0 aliphatic heterocycles. The molecule has 21 heavy (non-hydrogen) atoms. The Labute approximate surface area is 131 Å². The molecule has 3 rings (SSSR count). The Morgan fingerprint density at radius 3 is 2.71 bits per heavy atom. The van der Waals surface area contributed by atoms with Crippen LogP contribution in [0.5, 0.6) is 0 Å². The fourth-order valence-electron chi connectivity index (χ4n) is 2.37. The van der Waals surface area contributed by atoms with Crippen molar-refractivity contribution in [3.63, 3.8) is 0 Å². The second-order valence-corrected chi connectivity index (χ2v) is 5.94. The Morgan fingerprint density at radius 1 is 1.19 bits per heavy atom. The van der Waals surface area contributed by atoms with Gasteiger partial charge in [-0.2, -0.15) is 4.98 Å². The molecule has 0 radical (unpaired) electrons. The number of pyridine rings is 1. The van der Waals surface area contributed by atoms with Crippen LogP contribution in [0.15, 0.2) is 23.1 Å². The van der Waals surface area contributed by atoms with Crippen LogP contribution in [0.1, 0.15) is 22.4 Å². The van der Waals surface area contributed by atoms with Gasteiger partial charge in [-0.15, -0.1) is 0 Å². The van der Waals surface area contributed by atoms with Crippen LogP contribution >= 0.6 is 15.9 Å². The van der Waals surface area contributed by atoms with E-state index in [9.17, 15) is 0 Å². The predicted octanol–water partition coefficient (Wildman–Crippen LogP) is 3.14. The number of aromatic nitrogens is 4. The van der Waals surface area contributed by atoms with Gasteiger partial charge in [0.15, 0.2) is 0 Å². The zero-order chi connectivity index (χ0) is 15.1. The normalized spacial score (nSPS) is 11.2. The van der Waals surface area contributed by atoms with Crippen molar-refractivity contribution < 1.29 is 0 Å². The maximum Gasteiger partial charge on any atom is 0.223 e. The van der Waals surface area contributed by atoms with Crippen molar-refractivity contribution in [1.82, 2.24) is 19.5 Å². The lowest BCUT2D eigenvalue weighted by Crippen LogP contribution is -2.06. The molecular formula is C15H16BrN5. The first-order valence-corrected chi connectivity index (χ1v) is 7.46. The molecule has 3 aromatic rings. The largest absolute Gasteiger partial charge is 0.368 e. The van der Waals surface area contributed by atoms with E-state index in [2.05, 4.69) is 51.7 Å². The van der Waals surface area contributed by atoms with Crippen molar-refractivity contribution >= 4 is 32.9 Å². The van der Waals surface area contributed by atoms with Gasteiger partial charge in [-0.05, 0) is 59.5 Å². The van der Waals surface area contributed by atoms with E-state index in [0.717, 1.165) is 16.7 Å². The van der Waals surface area contributed by atoms with Crippen LogP contribution in [0.3, 0.4) is 0 Å². The summed E-state index contributed by atoms with van der Waals surface area (Å²) in [5, 5.41) is 0.950. The number of aryl methyl sites for hydroxylation is 1. The lowest BCUT2D eigenvalue weighted by Gasteiger charge is -2.11. The monoisotopic (exact) mass is 345 g/mol. The van der Waals surface area contributed by atoms with Crippen LogP contribution < -0.4 is 5.73 Å². The highest BCUT2D eigenvalue weighted by molar-refractivity contribution is 9.10. The summed E-state index contributed by atoms with van der Waals surface area (Å²) in [6.07, 6.45) is 3.91. The van der Waals surface area contributed by atoms with Gasteiger partial charge in [0.05, 0.1) is 17.6 Å². The Hall–Kier alpha value is -1.95. The first-order chi connectivity index (χ1) is 9.97. The van der Waals surface area contributed by atoms with Gasteiger partial charge in [0, 0.05) is 12.4 Å². The minimum absolute atomic E-state index is 0.263. The predicted molar refractivity (Wildman–Crippen MR) is 87.2 cm³/mol. The molecule has 0 spiro atoms. The Balaban J connectivity index is 2.09. The fraction of sp³-hybridized carbons (Fsp3) is 0.267. The molecule has 0 aliphatic rings. The lowest BCUT2D eigenvalue weighted by atomic mass is 10.0. The summed E-state index contributed by atoms with van der Waals surface area (Å²) in [4.78, 5) is 13.0. The van der Waals surface area contributed by atoms with Gasteiger partial charge in [-0.3, -0.25) is 4.98 Å². The number of rotatable bonds is 2. The number of fused-ring (bicyclic) bond motifs is 1. The highest BCUT2D eigenvalue weighted by atomic mass is 79.9. The van der Waals surface area contributed by atoms with Gasteiger partial charge in [-0.25, -0.2) is 4.98 Å². The van der Waals surface area contributed by atoms with E-state index in [1.165, 1.54) is 16.7 Å². The zero-order valence-electron chi connectivity index (χ0n) is 12.2. The molecule has 6 heteroatoms. The number of nitrogen functional groups attached to an aromatic ring is 1. The van der Waals surface area contributed by atoms with Gasteiger partial charge in [0.25, 0.3) is 0 Å². The summed E-state index contributed by atoms with van der Waals surface area (Å²) < 4.78 is 2.76. The molecule has 0 fully saturated rings. The number of nitrogens with zero attached hydrogens (tertiary/aromatic N) is 4. The SMILES string of the molecule is Cc1cnc(Cn2ccc3c(Br)nc(N)nc32)c(C)c1C. The van der Waals surface area contributed by atoms with Crippen LogP contribution in [0.25, 0.3) is 11.0 Å². The molecule has 3 aromatic heterocycles. The van der Waals surface area contributed by atoms with E-state index in [0.29, 0.717) is 11.1 Å². The summed E-state index contributed by atoms with van der Waals surface area (Å²) in [5.41, 5.74) is 11.3. The van der Waals surface area contributed by atoms with E-state index in [1.54, 1.807) is 0 Å². The molecule has 108 valence electrons. The maximum absolute atomic E-state index is 5.74. The van der Waals surface area contributed by atoms with Crippen molar-refractivity contribution in [2.24, 2.45) is 0 Å². The molecule has 0 aromatic carbocycles. The van der Waals surface area contributed by atoms with Gasteiger partial charge < -0.3 is 10.3 Å². The van der Waals surface area contributed by atoms with E-state index < -0.39 is 0 Å². The van der Waals surface area contributed by atoms with Crippen LogP contribution in [0.2, 0.25) is 0 Å². The summed E-state index contributed by atoms with van der Waals surface area (Å²) in [7, 11) is 0. The van der Waals surface area contributed by atoms with E-state index in [-0.39, 0.29) is 5.95 Å². The summed E-state index contributed by atoms with van der Waals surface area (Å²) in [5.74, 6) is 0.263. The average Bonchev–Trinajstić information content (AvgIpc) is 2.83. The number of anilines is 1. The quantitative estimate of drug-likeness (QED) is 0.724. The zero-order valence-corrected chi connectivity index (χ0v) is 13.8. The molecule has 0 saturated carbocycles. The second-order valence-electron chi connectivity index (χ2n) is 5.19. The minimum atomic E-state index is 0.263. The minimum Gasteiger partial charge on any atom is -0.368 e. The molecule has 2 N–H and O–H groups in total. The molecule has 0 bridgehead atoms. The standard InChI is InChI=1S/C15H16BrN5/c1-8-6-18-12(10(3)9(8)2)7-21-5-4-11-13(16)19-15(17)20-14(11)21/h4-6H,7H2,1-3H3,(H2,17,19,20). The van der Waals surface area contributed by atoms with Crippen LogP contribution in [-0.2, 0) is 6.54 Å². The van der Waals surface area contributed by atoms with Crippen LogP contribution in [-0.4, -0.2) is 19.5 Å². The Bertz CT molecular complexity index is 838. The third kappa shape index (κ3) is 2.40. The molecule has 0 unspecified atom stereocenters. The van der Waals surface area contributed by atoms with Gasteiger partial charge in [0.2, 0.25) is 5.95 Å². The molecule has 3 heterocycles. The Morgan fingerprint density at radius 2 is 1.95 bits per heavy atom. The van der Waals surface area contributed by atoms with Gasteiger partial charge in [0.1, 0.15) is 10.3 Å². The Kier molecular flexibility index (Phi) is 3.41. The van der Waals surface area contributed by atoms with E-state index in [1.807, 2.05) is 23.0 Å². The van der Waals surface area contributed by atoms with E-state index in [4.69, 9.17) is 5.73 Å². The highest BCUT2D eigenvalue weighted by Crippen LogP contribution is 2.24. The third-order valence-corrected chi connectivity index (χ3v) is 4.52. The molecular weight excluding hydrogens is 330 g/mol. The number of halogens is 1. The average molecular weight is 346 g/mol. The molecule has 0 atom stereocenters. The first-order valence-electron chi connectivity index (χ1n) is 6.67. The number of hydrogen-bond acceptors (Lipinski definition) is 4. The lowest BCUT2D eigenvalue weighted by molar-refractivity contribution is 0.786. The maximum atomic E-state index is 5.74. The summed E-state index contributed by atoms with van der Waals surface area (Å²) >= 11 is 3.42.